The minimum Gasteiger partial charge on any atom is -0.488 e. The molecule has 0 spiro atoms. The molecule has 2 aromatic carbocycles. The Morgan fingerprint density at radius 2 is 1.55 bits per heavy atom. The Morgan fingerprint density at radius 1 is 1.00 bits per heavy atom. The van der Waals surface area contributed by atoms with Crippen LogP contribution in [0.25, 0.3) is 0 Å². The van der Waals surface area contributed by atoms with Crippen molar-refractivity contribution in [3.63, 3.8) is 0 Å². The monoisotopic (exact) mass is 380 g/mol. The summed E-state index contributed by atoms with van der Waals surface area (Å²) in [5.41, 5.74) is 4.99. The van der Waals surface area contributed by atoms with Crippen molar-refractivity contribution in [1.29, 1.82) is 0 Å². The molecule has 0 bridgehead atoms. The van der Waals surface area contributed by atoms with E-state index in [0.29, 0.717) is 12.5 Å². The lowest BCUT2D eigenvalue weighted by atomic mass is 10.0. The van der Waals surface area contributed by atoms with Crippen molar-refractivity contribution in [2.24, 2.45) is 0 Å². The summed E-state index contributed by atoms with van der Waals surface area (Å²) in [4.78, 5) is 0. The fourth-order valence-electron chi connectivity index (χ4n) is 2.28. The van der Waals surface area contributed by atoms with Gasteiger partial charge in [-0.15, -0.1) is 0 Å². The second-order valence-corrected chi connectivity index (χ2v) is 6.80. The van der Waals surface area contributed by atoms with E-state index in [1.807, 2.05) is 0 Å². The molecule has 20 heavy (non-hydrogen) atoms. The van der Waals surface area contributed by atoms with Gasteiger partial charge in [-0.1, -0.05) is 38.1 Å². The first kappa shape index (κ1) is 15.4. The first-order chi connectivity index (χ1) is 9.47. The maximum atomic E-state index is 6.01. The van der Waals surface area contributed by atoms with Gasteiger partial charge in [-0.25, -0.2) is 0 Å². The summed E-state index contributed by atoms with van der Waals surface area (Å²) in [7, 11) is 0. The van der Waals surface area contributed by atoms with E-state index in [2.05, 4.69) is 86.7 Å². The number of hydrogen-bond acceptors (Lipinski definition) is 1. The normalized spacial score (nSPS) is 10.9. The average Bonchev–Trinajstić information content (AvgIpc) is 2.38. The Labute approximate surface area is 135 Å². The average molecular weight is 380 g/mol. The van der Waals surface area contributed by atoms with E-state index in [0.717, 1.165) is 5.75 Å². The summed E-state index contributed by atoms with van der Waals surface area (Å²) in [5.74, 6) is 1.59. The second-order valence-electron chi connectivity index (χ2n) is 5.55. The van der Waals surface area contributed by atoms with Crippen molar-refractivity contribution in [3.8, 4) is 5.75 Å². The molecular weight excluding hydrogens is 359 g/mol. The van der Waals surface area contributed by atoms with Gasteiger partial charge in [0, 0.05) is 3.57 Å². The number of aryl methyl sites for hydroxylation is 2. The summed E-state index contributed by atoms with van der Waals surface area (Å²) in [6, 6.07) is 13.0. The molecule has 1 nitrogen and oxygen atoms in total. The molecule has 2 aromatic rings. The van der Waals surface area contributed by atoms with E-state index in [1.54, 1.807) is 0 Å². The van der Waals surface area contributed by atoms with Crippen LogP contribution in [0.1, 0.15) is 42.0 Å². The van der Waals surface area contributed by atoms with Gasteiger partial charge in [0.15, 0.2) is 0 Å². The fourth-order valence-corrected chi connectivity index (χ4v) is 3.21. The van der Waals surface area contributed by atoms with Crippen LogP contribution in [0, 0.1) is 17.4 Å². The van der Waals surface area contributed by atoms with E-state index < -0.39 is 0 Å². The van der Waals surface area contributed by atoms with Crippen LogP contribution in [0.3, 0.4) is 0 Å². The Bertz CT molecular complexity index is 562. The Hall–Kier alpha value is -1.03. The summed E-state index contributed by atoms with van der Waals surface area (Å²) in [5, 5.41) is 0. The molecule has 0 saturated carbocycles. The van der Waals surface area contributed by atoms with E-state index in [-0.39, 0.29) is 0 Å². The number of benzene rings is 2. The summed E-state index contributed by atoms with van der Waals surface area (Å²) in [6.07, 6.45) is 0. The quantitative estimate of drug-likeness (QED) is 0.627. The Morgan fingerprint density at radius 3 is 2.05 bits per heavy atom. The molecule has 2 heteroatoms. The zero-order valence-electron chi connectivity index (χ0n) is 12.5. The molecule has 2 rings (SSSR count). The molecule has 0 amide bonds. The van der Waals surface area contributed by atoms with Crippen LogP contribution in [0.2, 0.25) is 0 Å². The third-order valence-electron chi connectivity index (χ3n) is 3.45. The minimum absolute atomic E-state index is 0.575. The minimum atomic E-state index is 0.575. The lowest BCUT2D eigenvalue weighted by Crippen LogP contribution is -2.00. The summed E-state index contributed by atoms with van der Waals surface area (Å²) >= 11 is 2.34. The van der Waals surface area contributed by atoms with Crippen LogP contribution in [-0.2, 0) is 6.61 Å². The molecule has 0 atom stereocenters. The van der Waals surface area contributed by atoms with Crippen LogP contribution < -0.4 is 4.74 Å². The van der Waals surface area contributed by atoms with Gasteiger partial charge in [0.25, 0.3) is 0 Å². The van der Waals surface area contributed by atoms with Crippen LogP contribution in [0.5, 0.6) is 5.75 Å². The van der Waals surface area contributed by atoms with Crippen LogP contribution >= 0.6 is 22.6 Å². The Kier molecular flexibility index (Phi) is 5.08. The molecule has 0 aliphatic rings. The highest BCUT2D eigenvalue weighted by Crippen LogP contribution is 2.26. The molecular formula is C18H21IO. The number of halogens is 1. The molecule has 0 heterocycles. The molecule has 106 valence electrons. The summed E-state index contributed by atoms with van der Waals surface area (Å²) < 4.78 is 7.26. The predicted molar refractivity (Wildman–Crippen MR) is 93.5 cm³/mol. The maximum absolute atomic E-state index is 6.01. The second kappa shape index (κ2) is 6.61. The first-order valence-corrected chi connectivity index (χ1v) is 8.03. The van der Waals surface area contributed by atoms with Gasteiger partial charge in [-0.3, -0.25) is 0 Å². The van der Waals surface area contributed by atoms with E-state index >= 15 is 0 Å². The standard InChI is InChI=1S/C18H21IO/c1-12(2)16-7-5-15(6-8-16)11-20-18-13(3)9-17(19)10-14(18)4/h5-10,12H,11H2,1-4H3. The molecule has 0 unspecified atom stereocenters. The first-order valence-electron chi connectivity index (χ1n) is 6.95. The molecule has 0 fully saturated rings. The van der Waals surface area contributed by atoms with E-state index in [4.69, 9.17) is 4.74 Å². The highest BCUT2D eigenvalue weighted by atomic mass is 127. The van der Waals surface area contributed by atoms with Gasteiger partial charge >= 0.3 is 0 Å². The van der Waals surface area contributed by atoms with Crippen molar-refractivity contribution in [3.05, 3.63) is 62.2 Å². The molecule has 0 saturated heterocycles. The fraction of sp³-hybridized carbons (Fsp3) is 0.333. The van der Waals surface area contributed by atoms with Crippen molar-refractivity contribution in [1.82, 2.24) is 0 Å². The lowest BCUT2D eigenvalue weighted by molar-refractivity contribution is 0.302. The molecule has 0 N–H and O–H groups in total. The molecule has 0 aliphatic heterocycles. The van der Waals surface area contributed by atoms with E-state index in [9.17, 15) is 0 Å². The SMILES string of the molecule is Cc1cc(I)cc(C)c1OCc1ccc(C(C)C)cc1. The largest absolute Gasteiger partial charge is 0.488 e. The third-order valence-corrected chi connectivity index (χ3v) is 4.08. The zero-order valence-corrected chi connectivity index (χ0v) is 14.7. The van der Waals surface area contributed by atoms with Gasteiger partial charge in [0.2, 0.25) is 0 Å². The highest BCUT2D eigenvalue weighted by Gasteiger charge is 2.06. The molecule has 0 aromatic heterocycles. The number of ether oxygens (including phenoxy) is 1. The molecule has 0 radical (unpaired) electrons. The highest BCUT2D eigenvalue weighted by molar-refractivity contribution is 14.1. The van der Waals surface area contributed by atoms with Gasteiger partial charge < -0.3 is 4.74 Å². The third kappa shape index (κ3) is 3.75. The van der Waals surface area contributed by atoms with Crippen LogP contribution in [-0.4, -0.2) is 0 Å². The maximum Gasteiger partial charge on any atom is 0.125 e. The lowest BCUT2D eigenvalue weighted by Gasteiger charge is -2.13. The van der Waals surface area contributed by atoms with Crippen molar-refractivity contribution in [2.75, 3.05) is 0 Å². The zero-order chi connectivity index (χ0) is 14.7. The van der Waals surface area contributed by atoms with Crippen molar-refractivity contribution >= 4 is 22.6 Å². The Balaban J connectivity index is 2.09. The summed E-state index contributed by atoms with van der Waals surface area (Å²) in [6.45, 7) is 9.26. The van der Waals surface area contributed by atoms with Crippen molar-refractivity contribution < 1.29 is 4.74 Å². The smallest absolute Gasteiger partial charge is 0.125 e. The van der Waals surface area contributed by atoms with Crippen molar-refractivity contribution in [2.45, 2.75) is 40.2 Å². The predicted octanol–water partition coefficient (Wildman–Crippen LogP) is 5.61. The number of rotatable bonds is 4. The number of hydrogen-bond donors (Lipinski definition) is 0. The van der Waals surface area contributed by atoms with E-state index in [1.165, 1.54) is 25.8 Å². The van der Waals surface area contributed by atoms with Gasteiger partial charge in [0.1, 0.15) is 12.4 Å². The van der Waals surface area contributed by atoms with Crippen LogP contribution in [0.4, 0.5) is 0 Å². The van der Waals surface area contributed by atoms with Gasteiger partial charge in [-0.2, -0.15) is 0 Å². The van der Waals surface area contributed by atoms with Crippen LogP contribution in [0.15, 0.2) is 36.4 Å². The van der Waals surface area contributed by atoms with Gasteiger partial charge in [0.05, 0.1) is 0 Å². The topological polar surface area (TPSA) is 9.23 Å². The van der Waals surface area contributed by atoms with Gasteiger partial charge in [-0.05, 0) is 76.7 Å². The molecule has 0 aliphatic carbocycles.